The normalized spacial score (nSPS) is 10.4. The monoisotopic (exact) mass is 253 g/mol. The third-order valence-electron chi connectivity index (χ3n) is 1.96. The number of rotatable bonds is 1. The lowest BCUT2D eigenvalue weighted by molar-refractivity contribution is 0.431. The smallest absolute Gasteiger partial charge is 0.169 e. The average Bonchev–Trinajstić information content (AvgIpc) is 2.57. The van der Waals surface area contributed by atoms with E-state index in [9.17, 15) is 5.11 Å². The van der Waals surface area contributed by atoms with Crippen LogP contribution in [0.1, 0.15) is 5.56 Å². The van der Waals surface area contributed by atoms with Crippen LogP contribution in [0.3, 0.4) is 0 Å². The van der Waals surface area contributed by atoms with Gasteiger partial charge in [-0.25, -0.2) is 0 Å². The Morgan fingerprint density at radius 1 is 1.43 bits per heavy atom. The van der Waals surface area contributed by atoms with Crippen molar-refractivity contribution in [1.29, 1.82) is 0 Å². The summed E-state index contributed by atoms with van der Waals surface area (Å²) in [6.07, 6.45) is 1.66. The molecule has 1 aromatic carbocycles. The highest BCUT2D eigenvalue weighted by atomic mass is 79.9. The lowest BCUT2D eigenvalue weighted by Gasteiger charge is -2.00. The van der Waals surface area contributed by atoms with Gasteiger partial charge in [0.05, 0.1) is 10.7 Å². The van der Waals surface area contributed by atoms with Crippen LogP contribution in [0.25, 0.3) is 11.3 Å². The molecule has 0 aliphatic carbocycles. The zero-order chi connectivity index (χ0) is 10.1. The van der Waals surface area contributed by atoms with Gasteiger partial charge in [-0.15, -0.1) is 0 Å². The standard InChI is InChI=1S/C10H8BrNO2/c1-6-5-12-14-10(6)7-2-3-9(13)8(11)4-7/h2-5,13H,1H3. The molecule has 14 heavy (non-hydrogen) atoms. The predicted molar refractivity (Wildman–Crippen MR) is 56.0 cm³/mol. The molecule has 2 rings (SSSR count). The van der Waals surface area contributed by atoms with Gasteiger partial charge in [-0.1, -0.05) is 5.16 Å². The molecule has 2 aromatic rings. The number of hydrogen-bond donors (Lipinski definition) is 1. The Kier molecular flexibility index (Phi) is 2.29. The van der Waals surface area contributed by atoms with Crippen molar-refractivity contribution in [3.8, 4) is 17.1 Å². The van der Waals surface area contributed by atoms with Crippen molar-refractivity contribution in [2.75, 3.05) is 0 Å². The summed E-state index contributed by atoms with van der Waals surface area (Å²) in [5, 5.41) is 13.0. The van der Waals surface area contributed by atoms with E-state index in [-0.39, 0.29) is 5.75 Å². The Bertz CT molecular complexity index is 465. The second kappa shape index (κ2) is 3.46. The molecule has 0 aliphatic heterocycles. The molecule has 0 radical (unpaired) electrons. The van der Waals surface area contributed by atoms with Crippen molar-refractivity contribution >= 4 is 15.9 Å². The molecule has 0 atom stereocenters. The Morgan fingerprint density at radius 2 is 2.21 bits per heavy atom. The van der Waals surface area contributed by atoms with Gasteiger partial charge in [-0.05, 0) is 41.1 Å². The highest BCUT2D eigenvalue weighted by Crippen LogP contribution is 2.30. The van der Waals surface area contributed by atoms with Gasteiger partial charge in [0.1, 0.15) is 5.75 Å². The van der Waals surface area contributed by atoms with Gasteiger partial charge in [0, 0.05) is 11.1 Å². The molecule has 1 aromatic heterocycles. The quantitative estimate of drug-likeness (QED) is 0.850. The fourth-order valence-electron chi connectivity index (χ4n) is 1.22. The van der Waals surface area contributed by atoms with E-state index in [0.29, 0.717) is 4.47 Å². The summed E-state index contributed by atoms with van der Waals surface area (Å²) in [7, 11) is 0. The second-order valence-electron chi connectivity index (χ2n) is 3.00. The van der Waals surface area contributed by atoms with E-state index in [0.717, 1.165) is 16.9 Å². The van der Waals surface area contributed by atoms with Gasteiger partial charge in [-0.3, -0.25) is 0 Å². The van der Waals surface area contributed by atoms with E-state index >= 15 is 0 Å². The number of benzene rings is 1. The summed E-state index contributed by atoms with van der Waals surface area (Å²) in [4.78, 5) is 0. The number of phenols is 1. The SMILES string of the molecule is Cc1cnoc1-c1ccc(O)c(Br)c1. The molecule has 0 aliphatic rings. The third kappa shape index (κ3) is 1.53. The Balaban J connectivity index is 2.53. The Hall–Kier alpha value is -1.29. The van der Waals surface area contributed by atoms with Crippen LogP contribution in [0.2, 0.25) is 0 Å². The third-order valence-corrected chi connectivity index (χ3v) is 2.59. The summed E-state index contributed by atoms with van der Waals surface area (Å²) in [5.41, 5.74) is 1.87. The molecule has 1 N–H and O–H groups in total. The van der Waals surface area contributed by atoms with E-state index in [2.05, 4.69) is 21.1 Å². The molecule has 0 amide bonds. The first-order valence-corrected chi connectivity index (χ1v) is 4.88. The number of aromatic hydroxyl groups is 1. The summed E-state index contributed by atoms with van der Waals surface area (Å²) in [6, 6.07) is 5.19. The number of aromatic nitrogens is 1. The highest BCUT2D eigenvalue weighted by molar-refractivity contribution is 9.10. The van der Waals surface area contributed by atoms with Crippen molar-refractivity contribution < 1.29 is 9.63 Å². The van der Waals surface area contributed by atoms with Crippen LogP contribution in [0.5, 0.6) is 5.75 Å². The number of phenolic OH excluding ortho intramolecular Hbond substituents is 1. The van der Waals surface area contributed by atoms with E-state index in [1.807, 2.05) is 6.92 Å². The maximum atomic E-state index is 9.32. The van der Waals surface area contributed by atoms with Gasteiger partial charge in [-0.2, -0.15) is 0 Å². The first kappa shape index (κ1) is 9.27. The molecule has 0 bridgehead atoms. The van der Waals surface area contributed by atoms with E-state index in [4.69, 9.17) is 4.52 Å². The van der Waals surface area contributed by atoms with Gasteiger partial charge in [0.25, 0.3) is 0 Å². The number of aryl methyl sites for hydroxylation is 1. The molecule has 0 fully saturated rings. The van der Waals surface area contributed by atoms with Crippen molar-refractivity contribution in [1.82, 2.24) is 5.16 Å². The van der Waals surface area contributed by atoms with Crippen LogP contribution >= 0.6 is 15.9 Å². The van der Waals surface area contributed by atoms with Gasteiger partial charge >= 0.3 is 0 Å². The molecule has 1 heterocycles. The largest absolute Gasteiger partial charge is 0.507 e. The summed E-state index contributed by atoms with van der Waals surface area (Å²) in [6.45, 7) is 1.92. The van der Waals surface area contributed by atoms with Crippen LogP contribution < -0.4 is 0 Å². The average molecular weight is 254 g/mol. The van der Waals surface area contributed by atoms with Crippen LogP contribution in [-0.2, 0) is 0 Å². The fraction of sp³-hybridized carbons (Fsp3) is 0.100. The van der Waals surface area contributed by atoms with Gasteiger partial charge in [0.2, 0.25) is 0 Å². The molecular weight excluding hydrogens is 246 g/mol. The zero-order valence-electron chi connectivity index (χ0n) is 7.49. The van der Waals surface area contributed by atoms with Crippen molar-refractivity contribution in [2.24, 2.45) is 0 Å². The molecule has 0 saturated carbocycles. The van der Waals surface area contributed by atoms with Gasteiger partial charge < -0.3 is 9.63 Å². The minimum Gasteiger partial charge on any atom is -0.507 e. The molecule has 4 heteroatoms. The molecule has 0 unspecified atom stereocenters. The number of hydrogen-bond acceptors (Lipinski definition) is 3. The summed E-state index contributed by atoms with van der Waals surface area (Å²) in [5.74, 6) is 0.941. The van der Waals surface area contributed by atoms with Crippen LogP contribution in [-0.4, -0.2) is 10.3 Å². The van der Waals surface area contributed by atoms with Crippen molar-refractivity contribution in [2.45, 2.75) is 6.92 Å². The molecule has 3 nitrogen and oxygen atoms in total. The first-order valence-electron chi connectivity index (χ1n) is 4.08. The predicted octanol–water partition coefficient (Wildman–Crippen LogP) is 3.12. The Morgan fingerprint density at radius 3 is 2.79 bits per heavy atom. The zero-order valence-corrected chi connectivity index (χ0v) is 9.08. The van der Waals surface area contributed by atoms with Crippen molar-refractivity contribution in [3.63, 3.8) is 0 Å². The summed E-state index contributed by atoms with van der Waals surface area (Å²) < 4.78 is 5.74. The fourth-order valence-corrected chi connectivity index (χ4v) is 1.60. The lowest BCUT2D eigenvalue weighted by Crippen LogP contribution is -1.77. The number of nitrogens with zero attached hydrogens (tertiary/aromatic N) is 1. The van der Waals surface area contributed by atoms with Crippen LogP contribution in [0, 0.1) is 6.92 Å². The molecule has 72 valence electrons. The molecule has 0 spiro atoms. The van der Waals surface area contributed by atoms with Gasteiger partial charge in [0.15, 0.2) is 5.76 Å². The minimum atomic E-state index is 0.214. The second-order valence-corrected chi connectivity index (χ2v) is 3.86. The van der Waals surface area contributed by atoms with E-state index < -0.39 is 0 Å². The molecule has 0 saturated heterocycles. The lowest BCUT2D eigenvalue weighted by atomic mass is 10.1. The maximum Gasteiger partial charge on any atom is 0.169 e. The Labute approximate surface area is 89.5 Å². The first-order chi connectivity index (χ1) is 6.68. The number of halogens is 1. The van der Waals surface area contributed by atoms with Crippen molar-refractivity contribution in [3.05, 3.63) is 34.4 Å². The van der Waals surface area contributed by atoms with Crippen LogP contribution in [0.15, 0.2) is 33.4 Å². The highest BCUT2D eigenvalue weighted by Gasteiger charge is 2.08. The summed E-state index contributed by atoms with van der Waals surface area (Å²) >= 11 is 3.24. The minimum absolute atomic E-state index is 0.214. The maximum absolute atomic E-state index is 9.32. The van der Waals surface area contributed by atoms with E-state index in [1.54, 1.807) is 24.4 Å². The van der Waals surface area contributed by atoms with Crippen LogP contribution in [0.4, 0.5) is 0 Å². The topological polar surface area (TPSA) is 46.3 Å². The molecular formula is C10H8BrNO2. The van der Waals surface area contributed by atoms with E-state index in [1.165, 1.54) is 0 Å².